The average Bonchev–Trinajstić information content (AvgIpc) is 3.11. The standard InChI is InChI=1S/C21H23BrN4O3/c1-12(2)18-9-14(15-10-23-26(13(3)4)20(15)25-18)21(28)29-11-19(27)24-17-8-6-5-7-16(17)22/h5-10,12-13H,11H2,1-4H3,(H,24,27). The number of carbonyl (C=O) groups is 2. The second-order valence-electron chi connectivity index (χ2n) is 7.27. The van der Waals surface area contributed by atoms with E-state index in [4.69, 9.17) is 4.74 Å². The smallest absolute Gasteiger partial charge is 0.339 e. The summed E-state index contributed by atoms with van der Waals surface area (Å²) in [5.41, 5.74) is 2.37. The highest BCUT2D eigenvalue weighted by molar-refractivity contribution is 9.10. The second-order valence-corrected chi connectivity index (χ2v) is 8.13. The number of nitrogens with one attached hydrogen (secondary N) is 1. The molecule has 152 valence electrons. The lowest BCUT2D eigenvalue weighted by Gasteiger charge is -2.12. The third-order valence-corrected chi connectivity index (χ3v) is 5.06. The van der Waals surface area contributed by atoms with E-state index in [2.05, 4.69) is 31.3 Å². The van der Waals surface area contributed by atoms with Crippen LogP contribution in [0, 0.1) is 0 Å². The van der Waals surface area contributed by atoms with Crippen LogP contribution in [0.1, 0.15) is 55.7 Å². The zero-order chi connectivity index (χ0) is 21.1. The van der Waals surface area contributed by atoms with Gasteiger partial charge in [-0.15, -0.1) is 0 Å². The molecular weight excluding hydrogens is 436 g/mol. The van der Waals surface area contributed by atoms with Gasteiger partial charge in [-0.1, -0.05) is 26.0 Å². The molecule has 3 rings (SSSR count). The minimum Gasteiger partial charge on any atom is -0.452 e. The molecule has 0 aliphatic carbocycles. The van der Waals surface area contributed by atoms with Crippen molar-refractivity contribution in [2.75, 3.05) is 11.9 Å². The van der Waals surface area contributed by atoms with Crippen LogP contribution in [0.5, 0.6) is 0 Å². The van der Waals surface area contributed by atoms with E-state index in [-0.39, 0.29) is 18.6 Å². The van der Waals surface area contributed by atoms with Crippen molar-refractivity contribution >= 4 is 44.5 Å². The fourth-order valence-corrected chi connectivity index (χ4v) is 3.22. The number of pyridine rings is 1. The molecule has 0 saturated carbocycles. The Bertz CT molecular complexity index is 1060. The lowest BCUT2D eigenvalue weighted by atomic mass is 10.1. The lowest BCUT2D eigenvalue weighted by Crippen LogP contribution is -2.21. The first kappa shape index (κ1) is 21.0. The van der Waals surface area contributed by atoms with Gasteiger partial charge in [-0.2, -0.15) is 5.10 Å². The van der Waals surface area contributed by atoms with Crippen molar-refractivity contribution in [3.05, 3.63) is 52.3 Å². The summed E-state index contributed by atoms with van der Waals surface area (Å²) in [6.07, 6.45) is 1.62. The van der Waals surface area contributed by atoms with Crippen LogP contribution in [0.4, 0.5) is 5.69 Å². The molecule has 0 bridgehead atoms. The largest absolute Gasteiger partial charge is 0.452 e. The molecule has 0 atom stereocenters. The number of ether oxygens (including phenoxy) is 1. The van der Waals surface area contributed by atoms with Gasteiger partial charge < -0.3 is 10.1 Å². The van der Waals surface area contributed by atoms with E-state index in [1.165, 1.54) is 0 Å². The van der Waals surface area contributed by atoms with Gasteiger partial charge in [0.25, 0.3) is 5.91 Å². The third-order valence-electron chi connectivity index (χ3n) is 4.37. The summed E-state index contributed by atoms with van der Waals surface area (Å²) in [6.45, 7) is 7.62. The van der Waals surface area contributed by atoms with Gasteiger partial charge in [-0.05, 0) is 53.9 Å². The molecule has 0 unspecified atom stereocenters. The Morgan fingerprint density at radius 2 is 1.93 bits per heavy atom. The normalized spacial score (nSPS) is 11.3. The number of benzene rings is 1. The number of esters is 1. The van der Waals surface area contributed by atoms with E-state index in [1.807, 2.05) is 39.8 Å². The van der Waals surface area contributed by atoms with Crippen molar-refractivity contribution in [1.82, 2.24) is 14.8 Å². The number of hydrogen-bond donors (Lipinski definition) is 1. The quantitative estimate of drug-likeness (QED) is 0.541. The van der Waals surface area contributed by atoms with Crippen LogP contribution < -0.4 is 5.32 Å². The van der Waals surface area contributed by atoms with Gasteiger partial charge in [0.05, 0.1) is 22.8 Å². The molecule has 0 spiro atoms. The Balaban J connectivity index is 1.81. The van der Waals surface area contributed by atoms with E-state index in [0.29, 0.717) is 22.3 Å². The first-order valence-electron chi connectivity index (χ1n) is 9.37. The second kappa shape index (κ2) is 8.73. The molecule has 2 heterocycles. The Morgan fingerprint density at radius 3 is 2.59 bits per heavy atom. The molecule has 8 heteroatoms. The van der Waals surface area contributed by atoms with Crippen molar-refractivity contribution in [3.63, 3.8) is 0 Å². The molecule has 0 fully saturated rings. The zero-order valence-electron chi connectivity index (χ0n) is 16.8. The van der Waals surface area contributed by atoms with Crippen molar-refractivity contribution in [2.45, 2.75) is 39.7 Å². The zero-order valence-corrected chi connectivity index (χ0v) is 18.4. The van der Waals surface area contributed by atoms with E-state index in [1.54, 1.807) is 29.1 Å². The van der Waals surface area contributed by atoms with Gasteiger partial charge in [0.2, 0.25) is 0 Å². The molecule has 7 nitrogen and oxygen atoms in total. The number of para-hydroxylation sites is 1. The highest BCUT2D eigenvalue weighted by Crippen LogP contribution is 2.25. The highest BCUT2D eigenvalue weighted by Gasteiger charge is 2.20. The fraction of sp³-hybridized carbons (Fsp3) is 0.333. The van der Waals surface area contributed by atoms with Gasteiger partial charge in [0.15, 0.2) is 12.3 Å². The number of amides is 1. The summed E-state index contributed by atoms with van der Waals surface area (Å²) in [4.78, 5) is 29.6. The fourth-order valence-electron chi connectivity index (χ4n) is 2.84. The van der Waals surface area contributed by atoms with Crippen LogP contribution >= 0.6 is 15.9 Å². The topological polar surface area (TPSA) is 86.1 Å². The minimum atomic E-state index is -0.579. The van der Waals surface area contributed by atoms with Crippen LogP contribution in [-0.2, 0) is 9.53 Å². The van der Waals surface area contributed by atoms with Crippen molar-refractivity contribution in [2.24, 2.45) is 0 Å². The molecule has 1 amide bonds. The number of nitrogens with zero attached hydrogens (tertiary/aromatic N) is 3. The summed E-state index contributed by atoms with van der Waals surface area (Å²) in [5.74, 6) is -0.873. The predicted molar refractivity (Wildman–Crippen MR) is 115 cm³/mol. The molecule has 0 aliphatic heterocycles. The minimum absolute atomic E-state index is 0.0985. The molecular formula is C21H23BrN4O3. The van der Waals surface area contributed by atoms with E-state index < -0.39 is 11.9 Å². The maximum Gasteiger partial charge on any atom is 0.339 e. The molecule has 2 aromatic heterocycles. The average molecular weight is 459 g/mol. The van der Waals surface area contributed by atoms with Crippen LogP contribution in [0.2, 0.25) is 0 Å². The van der Waals surface area contributed by atoms with Crippen molar-refractivity contribution < 1.29 is 14.3 Å². The van der Waals surface area contributed by atoms with E-state index in [0.717, 1.165) is 10.2 Å². The first-order valence-corrected chi connectivity index (χ1v) is 10.2. The Kier molecular flexibility index (Phi) is 6.32. The van der Waals surface area contributed by atoms with Gasteiger partial charge >= 0.3 is 5.97 Å². The van der Waals surface area contributed by atoms with Crippen LogP contribution in [0.3, 0.4) is 0 Å². The molecule has 29 heavy (non-hydrogen) atoms. The number of anilines is 1. The van der Waals surface area contributed by atoms with Crippen LogP contribution in [0.15, 0.2) is 41.0 Å². The van der Waals surface area contributed by atoms with Crippen molar-refractivity contribution in [3.8, 4) is 0 Å². The summed E-state index contributed by atoms with van der Waals surface area (Å²) >= 11 is 3.37. The summed E-state index contributed by atoms with van der Waals surface area (Å²) in [6, 6.07) is 9.03. The van der Waals surface area contributed by atoms with Gasteiger partial charge in [0.1, 0.15) is 0 Å². The molecule has 0 radical (unpaired) electrons. The molecule has 0 saturated heterocycles. The molecule has 0 aliphatic rings. The maximum atomic E-state index is 12.8. The van der Waals surface area contributed by atoms with Crippen LogP contribution in [0.25, 0.3) is 11.0 Å². The monoisotopic (exact) mass is 458 g/mol. The predicted octanol–water partition coefficient (Wildman–Crippen LogP) is 4.69. The number of carbonyl (C=O) groups excluding carboxylic acids is 2. The molecule has 1 N–H and O–H groups in total. The van der Waals surface area contributed by atoms with Crippen molar-refractivity contribution in [1.29, 1.82) is 0 Å². The van der Waals surface area contributed by atoms with Gasteiger partial charge in [-0.25, -0.2) is 14.5 Å². The first-order chi connectivity index (χ1) is 13.8. The van der Waals surface area contributed by atoms with Gasteiger partial charge in [0, 0.05) is 16.2 Å². The van der Waals surface area contributed by atoms with Crippen LogP contribution in [-0.4, -0.2) is 33.2 Å². The Labute approximate surface area is 177 Å². The summed E-state index contributed by atoms with van der Waals surface area (Å²) in [5, 5.41) is 7.68. The van der Waals surface area contributed by atoms with E-state index >= 15 is 0 Å². The number of hydrogen-bond acceptors (Lipinski definition) is 5. The number of aromatic nitrogens is 3. The number of rotatable bonds is 6. The lowest BCUT2D eigenvalue weighted by molar-refractivity contribution is -0.119. The summed E-state index contributed by atoms with van der Waals surface area (Å²) in [7, 11) is 0. The third kappa shape index (κ3) is 4.64. The Hall–Kier alpha value is -2.74. The SMILES string of the molecule is CC(C)c1cc(C(=O)OCC(=O)Nc2ccccc2Br)c2cnn(C(C)C)c2n1. The maximum absolute atomic E-state index is 12.8. The van der Waals surface area contributed by atoms with Gasteiger partial charge in [-0.3, -0.25) is 4.79 Å². The summed E-state index contributed by atoms with van der Waals surface area (Å²) < 4.78 is 7.81. The number of halogens is 1. The molecule has 1 aromatic carbocycles. The van der Waals surface area contributed by atoms with E-state index in [9.17, 15) is 9.59 Å². The Morgan fingerprint density at radius 1 is 1.21 bits per heavy atom. The number of fused-ring (bicyclic) bond motifs is 1. The highest BCUT2D eigenvalue weighted by atomic mass is 79.9. The molecule has 3 aromatic rings.